The normalized spacial score (nSPS) is 19.1. The Balaban J connectivity index is 1.68. The molecule has 6 heteroatoms. The molecule has 3 rings (SSSR count). The molecule has 3 heterocycles. The third-order valence-corrected chi connectivity index (χ3v) is 4.89. The Morgan fingerprint density at radius 2 is 2.04 bits per heavy atom. The van der Waals surface area contributed by atoms with Gasteiger partial charge in [0.05, 0.1) is 5.56 Å². The van der Waals surface area contributed by atoms with E-state index in [1.54, 1.807) is 23.3 Å². The molecule has 24 heavy (non-hydrogen) atoms. The van der Waals surface area contributed by atoms with Gasteiger partial charge in [-0.1, -0.05) is 20.8 Å². The molecule has 1 aliphatic heterocycles. The van der Waals surface area contributed by atoms with Gasteiger partial charge in [0.25, 0.3) is 5.91 Å². The topological polar surface area (TPSA) is 63.9 Å². The molecule has 1 amide bonds. The molecule has 1 saturated heterocycles. The summed E-state index contributed by atoms with van der Waals surface area (Å²) in [5.41, 5.74) is 0.938. The van der Waals surface area contributed by atoms with Crippen molar-refractivity contribution < 1.29 is 4.79 Å². The molecule has 0 spiro atoms. The van der Waals surface area contributed by atoms with Crippen molar-refractivity contribution >= 4 is 5.91 Å². The number of carbonyl (C=O) groups excluding carboxylic acids is 1. The van der Waals surface area contributed by atoms with Crippen molar-refractivity contribution in [2.75, 3.05) is 13.1 Å². The summed E-state index contributed by atoms with van der Waals surface area (Å²) in [6.07, 6.45) is 8.01. The van der Waals surface area contributed by atoms with E-state index in [4.69, 9.17) is 0 Å². The van der Waals surface area contributed by atoms with E-state index in [9.17, 15) is 4.79 Å². The van der Waals surface area contributed by atoms with E-state index >= 15 is 0 Å². The van der Waals surface area contributed by atoms with E-state index in [0.717, 1.165) is 25.9 Å². The maximum Gasteiger partial charge on any atom is 0.255 e. The first-order valence-electron chi connectivity index (χ1n) is 8.55. The van der Waals surface area contributed by atoms with Crippen molar-refractivity contribution in [1.82, 2.24) is 24.6 Å². The monoisotopic (exact) mass is 327 g/mol. The van der Waals surface area contributed by atoms with Gasteiger partial charge >= 0.3 is 0 Å². The lowest BCUT2D eigenvalue weighted by molar-refractivity contribution is 0.0755. The SMILES string of the molecule is CC(C)(C)C1CCCN(C(=O)c2ccc(-n3cncn3)nc2)CC1. The Labute approximate surface area is 142 Å². The molecule has 1 fully saturated rings. The van der Waals surface area contributed by atoms with Crippen LogP contribution < -0.4 is 0 Å². The quantitative estimate of drug-likeness (QED) is 0.851. The molecule has 128 valence electrons. The molecule has 0 N–H and O–H groups in total. The van der Waals surface area contributed by atoms with Gasteiger partial charge in [-0.3, -0.25) is 4.79 Å². The van der Waals surface area contributed by atoms with Gasteiger partial charge in [0.1, 0.15) is 12.7 Å². The van der Waals surface area contributed by atoms with Gasteiger partial charge in [-0.2, -0.15) is 5.10 Å². The summed E-state index contributed by atoms with van der Waals surface area (Å²) in [4.78, 5) is 23.0. The lowest BCUT2D eigenvalue weighted by atomic mass is 9.77. The molecular weight excluding hydrogens is 302 g/mol. The fourth-order valence-corrected chi connectivity index (χ4v) is 3.32. The highest BCUT2D eigenvalue weighted by Crippen LogP contribution is 2.34. The molecule has 1 aliphatic rings. The van der Waals surface area contributed by atoms with Crippen LogP contribution in [0.3, 0.4) is 0 Å². The minimum Gasteiger partial charge on any atom is -0.339 e. The van der Waals surface area contributed by atoms with E-state index in [-0.39, 0.29) is 5.91 Å². The van der Waals surface area contributed by atoms with Gasteiger partial charge in [-0.05, 0) is 42.7 Å². The van der Waals surface area contributed by atoms with Crippen LogP contribution in [0.4, 0.5) is 0 Å². The molecule has 2 aromatic rings. The Morgan fingerprint density at radius 3 is 2.67 bits per heavy atom. The van der Waals surface area contributed by atoms with Crippen molar-refractivity contribution in [1.29, 1.82) is 0 Å². The van der Waals surface area contributed by atoms with Crippen LogP contribution in [-0.2, 0) is 0 Å². The van der Waals surface area contributed by atoms with Crippen molar-refractivity contribution in [3.63, 3.8) is 0 Å². The van der Waals surface area contributed by atoms with Crippen LogP contribution in [0, 0.1) is 11.3 Å². The summed E-state index contributed by atoms with van der Waals surface area (Å²) in [7, 11) is 0. The van der Waals surface area contributed by atoms with Crippen molar-refractivity contribution in [2.45, 2.75) is 40.0 Å². The predicted molar refractivity (Wildman–Crippen MR) is 91.9 cm³/mol. The van der Waals surface area contributed by atoms with Crippen molar-refractivity contribution in [3.05, 3.63) is 36.5 Å². The van der Waals surface area contributed by atoms with Crippen LogP contribution in [0.15, 0.2) is 31.0 Å². The molecule has 1 atom stereocenters. The Kier molecular flexibility index (Phi) is 4.64. The van der Waals surface area contributed by atoms with Gasteiger partial charge in [0, 0.05) is 19.3 Å². The zero-order chi connectivity index (χ0) is 17.2. The predicted octanol–water partition coefficient (Wildman–Crippen LogP) is 2.95. The lowest BCUT2D eigenvalue weighted by Gasteiger charge is -2.29. The van der Waals surface area contributed by atoms with Gasteiger partial charge < -0.3 is 4.90 Å². The minimum absolute atomic E-state index is 0.0715. The molecule has 0 aliphatic carbocycles. The lowest BCUT2D eigenvalue weighted by Crippen LogP contribution is -2.32. The number of hydrogen-bond donors (Lipinski definition) is 0. The second-order valence-electron chi connectivity index (χ2n) is 7.53. The zero-order valence-electron chi connectivity index (χ0n) is 14.6. The number of amides is 1. The second kappa shape index (κ2) is 6.71. The summed E-state index contributed by atoms with van der Waals surface area (Å²) < 4.78 is 1.58. The van der Waals surface area contributed by atoms with E-state index in [1.165, 1.54) is 12.7 Å². The fraction of sp³-hybridized carbons (Fsp3) is 0.556. The van der Waals surface area contributed by atoms with Gasteiger partial charge in [-0.25, -0.2) is 14.6 Å². The smallest absolute Gasteiger partial charge is 0.255 e. The molecule has 1 unspecified atom stereocenters. The fourth-order valence-electron chi connectivity index (χ4n) is 3.32. The summed E-state index contributed by atoms with van der Waals surface area (Å²) in [5, 5.41) is 4.04. The Hall–Kier alpha value is -2.24. The first kappa shape index (κ1) is 16.6. The van der Waals surface area contributed by atoms with Crippen LogP contribution in [0.1, 0.15) is 50.4 Å². The average molecular weight is 327 g/mol. The van der Waals surface area contributed by atoms with Gasteiger partial charge in [-0.15, -0.1) is 0 Å². The molecular formula is C18H25N5O. The third-order valence-electron chi connectivity index (χ3n) is 4.89. The van der Waals surface area contributed by atoms with Crippen LogP contribution in [0.2, 0.25) is 0 Å². The molecule has 0 radical (unpaired) electrons. The summed E-state index contributed by atoms with van der Waals surface area (Å²) >= 11 is 0. The van der Waals surface area contributed by atoms with Crippen molar-refractivity contribution in [2.24, 2.45) is 11.3 Å². The second-order valence-corrected chi connectivity index (χ2v) is 7.53. The third kappa shape index (κ3) is 3.63. The number of hydrogen-bond acceptors (Lipinski definition) is 4. The molecule has 0 saturated carbocycles. The first-order valence-corrected chi connectivity index (χ1v) is 8.55. The Bertz CT molecular complexity index is 672. The minimum atomic E-state index is 0.0715. The average Bonchev–Trinajstić information content (AvgIpc) is 2.97. The van der Waals surface area contributed by atoms with Crippen LogP contribution >= 0.6 is 0 Å². The number of pyridine rings is 1. The maximum absolute atomic E-state index is 12.8. The number of carbonyl (C=O) groups is 1. The largest absolute Gasteiger partial charge is 0.339 e. The van der Waals surface area contributed by atoms with Gasteiger partial charge in [0.2, 0.25) is 0 Å². The van der Waals surface area contributed by atoms with Crippen LogP contribution in [0.5, 0.6) is 0 Å². The summed E-state index contributed by atoms with van der Waals surface area (Å²) in [6, 6.07) is 3.62. The first-order chi connectivity index (χ1) is 11.4. The van der Waals surface area contributed by atoms with Crippen LogP contribution in [-0.4, -0.2) is 43.6 Å². The zero-order valence-corrected chi connectivity index (χ0v) is 14.6. The highest BCUT2D eigenvalue weighted by molar-refractivity contribution is 5.94. The van der Waals surface area contributed by atoms with E-state index in [1.807, 2.05) is 11.0 Å². The van der Waals surface area contributed by atoms with Gasteiger partial charge in [0.15, 0.2) is 5.82 Å². The molecule has 2 aromatic heterocycles. The molecule has 0 aromatic carbocycles. The van der Waals surface area contributed by atoms with E-state index in [0.29, 0.717) is 22.7 Å². The highest BCUT2D eigenvalue weighted by atomic mass is 16.2. The molecule has 0 bridgehead atoms. The maximum atomic E-state index is 12.8. The summed E-state index contributed by atoms with van der Waals surface area (Å²) in [5.74, 6) is 1.40. The van der Waals surface area contributed by atoms with Crippen molar-refractivity contribution in [3.8, 4) is 5.82 Å². The number of rotatable bonds is 2. The number of aromatic nitrogens is 4. The van der Waals surface area contributed by atoms with Crippen LogP contribution in [0.25, 0.3) is 5.82 Å². The molecule has 6 nitrogen and oxygen atoms in total. The Morgan fingerprint density at radius 1 is 1.21 bits per heavy atom. The highest BCUT2D eigenvalue weighted by Gasteiger charge is 2.28. The number of likely N-dealkylation sites (tertiary alicyclic amines) is 1. The standard InChI is InChI=1S/C18H25N5O/c1-18(2,3)15-5-4-9-22(10-8-15)17(24)14-6-7-16(20-11-14)23-13-19-12-21-23/h6-7,11-13,15H,4-5,8-10H2,1-3H3. The van der Waals surface area contributed by atoms with E-state index < -0.39 is 0 Å². The van der Waals surface area contributed by atoms with E-state index in [2.05, 4.69) is 35.8 Å². The number of nitrogens with zero attached hydrogens (tertiary/aromatic N) is 5. The summed E-state index contributed by atoms with van der Waals surface area (Å²) in [6.45, 7) is 8.54.